The maximum Gasteiger partial charge on any atom is 0.161 e. The van der Waals surface area contributed by atoms with E-state index in [9.17, 15) is 5.11 Å². The van der Waals surface area contributed by atoms with Crippen LogP contribution in [0.3, 0.4) is 0 Å². The Morgan fingerprint density at radius 3 is 2.41 bits per heavy atom. The Bertz CT molecular complexity index is 929. The zero-order valence-electron chi connectivity index (χ0n) is 19.1. The maximum atomic E-state index is 11.7. The number of ether oxygens (including phenoxy) is 3. The molecule has 3 aliphatic rings. The molecule has 32 heavy (non-hydrogen) atoms. The van der Waals surface area contributed by atoms with Crippen LogP contribution in [-0.2, 0) is 12.0 Å². The van der Waals surface area contributed by atoms with E-state index >= 15 is 0 Å². The Balaban J connectivity index is 1.39. The molecule has 0 amide bonds. The molecule has 0 radical (unpaired) electrons. The van der Waals surface area contributed by atoms with Crippen molar-refractivity contribution >= 4 is 0 Å². The number of fused-ring (bicyclic) bond motifs is 1. The van der Waals surface area contributed by atoms with Gasteiger partial charge in [-0.2, -0.15) is 0 Å². The van der Waals surface area contributed by atoms with Crippen molar-refractivity contribution in [3.05, 3.63) is 53.6 Å². The highest BCUT2D eigenvalue weighted by atomic mass is 16.6. The van der Waals surface area contributed by atoms with Gasteiger partial charge in [-0.05, 0) is 93.4 Å². The molecule has 1 N–H and O–H groups in total. The molecule has 5 heteroatoms. The van der Waals surface area contributed by atoms with Crippen LogP contribution < -0.4 is 14.2 Å². The maximum absolute atomic E-state index is 11.7. The molecule has 2 aromatic rings. The second-order valence-electron chi connectivity index (χ2n) is 9.69. The highest BCUT2D eigenvalue weighted by molar-refractivity contribution is 5.45. The third-order valence-electron chi connectivity index (χ3n) is 7.78. The molecule has 2 heterocycles. The van der Waals surface area contributed by atoms with Crippen molar-refractivity contribution in [1.82, 2.24) is 4.90 Å². The van der Waals surface area contributed by atoms with Crippen LogP contribution in [0.15, 0.2) is 42.5 Å². The van der Waals surface area contributed by atoms with E-state index in [-0.39, 0.29) is 5.54 Å². The lowest BCUT2D eigenvalue weighted by Crippen LogP contribution is -2.56. The van der Waals surface area contributed by atoms with Crippen molar-refractivity contribution in [3.63, 3.8) is 0 Å². The van der Waals surface area contributed by atoms with Gasteiger partial charge in [0.2, 0.25) is 0 Å². The van der Waals surface area contributed by atoms with Crippen LogP contribution in [0.4, 0.5) is 0 Å². The van der Waals surface area contributed by atoms with Gasteiger partial charge in [0.25, 0.3) is 0 Å². The van der Waals surface area contributed by atoms with Crippen LogP contribution in [0, 0.1) is 0 Å². The monoisotopic (exact) mass is 437 g/mol. The van der Waals surface area contributed by atoms with E-state index in [0.29, 0.717) is 13.2 Å². The van der Waals surface area contributed by atoms with Gasteiger partial charge in [0.15, 0.2) is 11.5 Å². The first-order chi connectivity index (χ1) is 15.6. The third kappa shape index (κ3) is 4.20. The molecule has 172 valence electrons. The molecular weight excluding hydrogens is 402 g/mol. The molecule has 0 atom stereocenters. The van der Waals surface area contributed by atoms with Gasteiger partial charge in [0.05, 0.1) is 12.7 Å². The van der Waals surface area contributed by atoms with Gasteiger partial charge in [0.1, 0.15) is 19.0 Å². The van der Waals surface area contributed by atoms with Crippen molar-refractivity contribution in [2.75, 3.05) is 33.4 Å². The molecule has 2 fully saturated rings. The Morgan fingerprint density at radius 2 is 1.66 bits per heavy atom. The Labute approximate surface area is 191 Å². The average molecular weight is 438 g/mol. The quantitative estimate of drug-likeness (QED) is 0.735. The predicted molar refractivity (Wildman–Crippen MR) is 125 cm³/mol. The summed E-state index contributed by atoms with van der Waals surface area (Å²) < 4.78 is 16.9. The topological polar surface area (TPSA) is 51.2 Å². The van der Waals surface area contributed by atoms with Gasteiger partial charge < -0.3 is 19.3 Å². The van der Waals surface area contributed by atoms with Crippen LogP contribution in [0.2, 0.25) is 0 Å². The largest absolute Gasteiger partial charge is 0.497 e. The van der Waals surface area contributed by atoms with Crippen molar-refractivity contribution in [2.24, 2.45) is 0 Å². The highest BCUT2D eigenvalue weighted by Crippen LogP contribution is 2.47. The fourth-order valence-electron chi connectivity index (χ4n) is 5.89. The number of benzene rings is 2. The van der Waals surface area contributed by atoms with Crippen LogP contribution in [0.1, 0.15) is 56.1 Å². The Kier molecular flexibility index (Phi) is 6.04. The van der Waals surface area contributed by atoms with E-state index in [1.165, 1.54) is 24.8 Å². The van der Waals surface area contributed by atoms with E-state index in [0.717, 1.165) is 68.0 Å². The number of hydrogen-bond donors (Lipinski definition) is 1. The number of methoxy groups -OCH3 is 1. The predicted octanol–water partition coefficient (Wildman–Crippen LogP) is 4.70. The van der Waals surface area contributed by atoms with Gasteiger partial charge in [-0.1, -0.05) is 24.6 Å². The minimum absolute atomic E-state index is 0.0901. The molecule has 0 bridgehead atoms. The number of hydrogen-bond acceptors (Lipinski definition) is 5. The van der Waals surface area contributed by atoms with Crippen molar-refractivity contribution in [1.29, 1.82) is 0 Å². The molecule has 0 aromatic heterocycles. The fraction of sp³-hybridized carbons (Fsp3) is 0.556. The molecule has 2 aromatic carbocycles. The Morgan fingerprint density at radius 1 is 0.906 bits per heavy atom. The summed E-state index contributed by atoms with van der Waals surface area (Å²) in [6.45, 7) is 3.46. The van der Waals surface area contributed by atoms with Gasteiger partial charge in [-0.25, -0.2) is 0 Å². The van der Waals surface area contributed by atoms with Crippen LogP contribution in [-0.4, -0.2) is 49.0 Å². The summed E-state index contributed by atoms with van der Waals surface area (Å²) in [4.78, 5) is 2.72. The summed E-state index contributed by atoms with van der Waals surface area (Å²) in [5, 5.41) is 11.7. The van der Waals surface area contributed by atoms with E-state index < -0.39 is 5.60 Å². The lowest BCUT2D eigenvalue weighted by Gasteiger charge is -2.52. The van der Waals surface area contributed by atoms with Crippen LogP contribution in [0.25, 0.3) is 0 Å². The molecule has 1 aliphatic carbocycles. The molecule has 1 saturated heterocycles. The summed E-state index contributed by atoms with van der Waals surface area (Å²) in [5.41, 5.74) is 1.55. The number of likely N-dealkylation sites (tertiary alicyclic amines) is 1. The summed E-state index contributed by atoms with van der Waals surface area (Å²) in [5.74, 6) is 2.45. The third-order valence-corrected chi connectivity index (χ3v) is 7.78. The molecule has 0 unspecified atom stereocenters. The van der Waals surface area contributed by atoms with Crippen molar-refractivity contribution in [3.8, 4) is 17.2 Å². The van der Waals surface area contributed by atoms with Crippen LogP contribution >= 0.6 is 0 Å². The van der Waals surface area contributed by atoms with Gasteiger partial charge in [-0.3, -0.25) is 4.90 Å². The van der Waals surface area contributed by atoms with Crippen molar-refractivity contribution in [2.45, 2.75) is 62.5 Å². The fourth-order valence-corrected chi connectivity index (χ4v) is 5.89. The minimum Gasteiger partial charge on any atom is -0.497 e. The first kappa shape index (κ1) is 21.6. The first-order valence-corrected chi connectivity index (χ1v) is 12.1. The minimum atomic E-state index is -0.816. The molecule has 0 spiro atoms. The first-order valence-electron chi connectivity index (χ1n) is 12.1. The Hall–Kier alpha value is -2.24. The SMILES string of the molecule is COc1cccc(CC2(N3CCCCC3)CCC(O)(c3ccc4c(c3)OCCO4)CC2)c1. The van der Waals surface area contributed by atoms with Gasteiger partial charge >= 0.3 is 0 Å². The molecule has 5 nitrogen and oxygen atoms in total. The lowest BCUT2D eigenvalue weighted by atomic mass is 9.68. The zero-order valence-corrected chi connectivity index (χ0v) is 19.1. The van der Waals surface area contributed by atoms with E-state index in [2.05, 4.69) is 23.1 Å². The lowest BCUT2D eigenvalue weighted by molar-refractivity contribution is -0.0646. The number of piperidine rings is 1. The highest BCUT2D eigenvalue weighted by Gasteiger charge is 2.46. The molecule has 5 rings (SSSR count). The van der Waals surface area contributed by atoms with Crippen LogP contribution in [0.5, 0.6) is 17.2 Å². The van der Waals surface area contributed by atoms with Crippen molar-refractivity contribution < 1.29 is 19.3 Å². The molecule has 2 aliphatic heterocycles. The van der Waals surface area contributed by atoms with Gasteiger partial charge in [-0.15, -0.1) is 0 Å². The van der Waals surface area contributed by atoms with E-state index in [1.807, 2.05) is 24.3 Å². The second-order valence-corrected chi connectivity index (χ2v) is 9.69. The van der Waals surface area contributed by atoms with E-state index in [1.54, 1.807) is 7.11 Å². The summed E-state index contributed by atoms with van der Waals surface area (Å²) in [6, 6.07) is 14.5. The van der Waals surface area contributed by atoms with Gasteiger partial charge in [0, 0.05) is 5.54 Å². The zero-order chi connectivity index (χ0) is 22.0. The number of rotatable bonds is 5. The average Bonchev–Trinajstić information content (AvgIpc) is 2.86. The summed E-state index contributed by atoms with van der Waals surface area (Å²) in [6.07, 6.45) is 8.34. The second kappa shape index (κ2) is 8.95. The van der Waals surface area contributed by atoms with E-state index in [4.69, 9.17) is 14.2 Å². The normalized spacial score (nSPS) is 28.3. The smallest absolute Gasteiger partial charge is 0.161 e. The summed E-state index contributed by atoms with van der Waals surface area (Å²) in [7, 11) is 1.73. The number of aliphatic hydroxyl groups is 1. The standard InChI is InChI=1S/C27H35NO4/c1-30-23-7-5-6-21(18-23)20-26(28-14-3-2-4-15-28)10-12-27(29,13-11-26)22-8-9-24-25(19-22)32-17-16-31-24/h5-9,18-19,29H,2-4,10-17,20H2,1H3. The summed E-state index contributed by atoms with van der Waals surface area (Å²) >= 11 is 0. The molecular formula is C27H35NO4. The number of nitrogens with zero attached hydrogens (tertiary/aromatic N) is 1. The molecule has 1 saturated carbocycles.